The van der Waals surface area contributed by atoms with Crippen LogP contribution >= 0.6 is 11.6 Å². The Labute approximate surface area is 164 Å². The van der Waals surface area contributed by atoms with Gasteiger partial charge in [0.15, 0.2) is 0 Å². The predicted molar refractivity (Wildman–Crippen MR) is 107 cm³/mol. The molecule has 0 aromatic heterocycles. The number of benzene rings is 2. The van der Waals surface area contributed by atoms with Gasteiger partial charge in [-0.2, -0.15) is 0 Å². The summed E-state index contributed by atoms with van der Waals surface area (Å²) >= 11 is 6.20. The summed E-state index contributed by atoms with van der Waals surface area (Å²) in [6.07, 6.45) is 3.57. The topological polar surface area (TPSA) is 52.6 Å². The van der Waals surface area contributed by atoms with Crippen LogP contribution in [0.5, 0.6) is 11.5 Å². The first-order chi connectivity index (χ1) is 12.8. The van der Waals surface area contributed by atoms with Crippen LogP contribution in [0.2, 0.25) is 5.02 Å². The first kappa shape index (κ1) is 19.4. The van der Waals surface area contributed by atoms with Gasteiger partial charge < -0.3 is 9.47 Å². The van der Waals surface area contributed by atoms with Crippen molar-refractivity contribution in [2.45, 2.75) is 46.5 Å². The molecule has 27 heavy (non-hydrogen) atoms. The smallest absolute Gasteiger partial charge is 0.338 e. The van der Waals surface area contributed by atoms with Crippen LogP contribution in [0.15, 0.2) is 30.4 Å². The van der Waals surface area contributed by atoms with Gasteiger partial charge in [0.05, 0.1) is 0 Å². The summed E-state index contributed by atoms with van der Waals surface area (Å²) in [7, 11) is 0. The molecule has 0 fully saturated rings. The second kappa shape index (κ2) is 7.73. The summed E-state index contributed by atoms with van der Waals surface area (Å²) in [6.45, 7) is 8.84. The fourth-order valence-corrected chi connectivity index (χ4v) is 3.80. The molecule has 1 atom stereocenters. The minimum Gasteiger partial charge on any atom is -0.426 e. The molecule has 2 aromatic rings. The monoisotopic (exact) mass is 386 g/mol. The highest BCUT2D eigenvalue weighted by Crippen LogP contribution is 2.46. The Morgan fingerprint density at radius 1 is 1.15 bits per heavy atom. The maximum atomic E-state index is 12.3. The van der Waals surface area contributed by atoms with Gasteiger partial charge in [-0.1, -0.05) is 31.5 Å². The van der Waals surface area contributed by atoms with E-state index in [1.165, 1.54) is 6.92 Å². The summed E-state index contributed by atoms with van der Waals surface area (Å²) in [4.78, 5) is 24.0. The zero-order valence-electron chi connectivity index (χ0n) is 15.9. The molecule has 3 rings (SSSR count). The average Bonchev–Trinajstić information content (AvgIpc) is 2.63. The maximum Gasteiger partial charge on any atom is 0.338 e. The number of rotatable bonds is 4. The zero-order chi connectivity index (χ0) is 19.7. The summed E-state index contributed by atoms with van der Waals surface area (Å²) in [5, 5.41) is 1.91. The Morgan fingerprint density at radius 2 is 1.85 bits per heavy atom. The summed E-state index contributed by atoms with van der Waals surface area (Å²) in [6, 6.07) is 5.30. The van der Waals surface area contributed by atoms with E-state index in [9.17, 15) is 9.59 Å². The van der Waals surface area contributed by atoms with Gasteiger partial charge >= 0.3 is 11.9 Å². The Balaban J connectivity index is 2.32. The molecule has 0 bridgehead atoms. The van der Waals surface area contributed by atoms with E-state index in [1.807, 2.05) is 6.07 Å². The average molecular weight is 387 g/mol. The molecule has 0 aliphatic heterocycles. The van der Waals surface area contributed by atoms with Crippen molar-refractivity contribution in [1.29, 1.82) is 0 Å². The van der Waals surface area contributed by atoms with E-state index in [2.05, 4.69) is 13.5 Å². The van der Waals surface area contributed by atoms with E-state index in [-0.39, 0.29) is 5.97 Å². The van der Waals surface area contributed by atoms with Crippen LogP contribution in [0.3, 0.4) is 0 Å². The van der Waals surface area contributed by atoms with Crippen molar-refractivity contribution in [3.8, 4) is 11.5 Å². The molecule has 0 spiro atoms. The van der Waals surface area contributed by atoms with Gasteiger partial charge in [0.2, 0.25) is 0 Å². The quantitative estimate of drug-likeness (QED) is 0.400. The van der Waals surface area contributed by atoms with E-state index < -0.39 is 5.97 Å². The van der Waals surface area contributed by atoms with Gasteiger partial charge in [-0.25, -0.2) is 4.79 Å². The standard InChI is InChI=1S/C22H23ClO4/c1-5-14-6-8-16-18(10-14)21(27-22(25)12(2)3)17-9-7-15(23)11-19(17)20(16)26-13(4)24/h7,9,11,14H,2,5-6,8,10H2,1,3-4H3. The number of halogens is 1. The van der Waals surface area contributed by atoms with Crippen LogP contribution in [0.1, 0.15) is 44.7 Å². The molecule has 0 amide bonds. The molecule has 0 saturated heterocycles. The summed E-state index contributed by atoms with van der Waals surface area (Å²) < 4.78 is 11.4. The minimum absolute atomic E-state index is 0.331. The molecular weight excluding hydrogens is 364 g/mol. The summed E-state index contributed by atoms with van der Waals surface area (Å²) in [5.74, 6) is 0.697. The molecule has 2 aromatic carbocycles. The van der Waals surface area contributed by atoms with Gasteiger partial charge in [0.25, 0.3) is 0 Å². The predicted octanol–water partition coefficient (Wildman–Crippen LogP) is 5.41. The molecule has 1 unspecified atom stereocenters. The van der Waals surface area contributed by atoms with Crippen molar-refractivity contribution in [3.63, 3.8) is 0 Å². The van der Waals surface area contributed by atoms with Gasteiger partial charge in [-0.3, -0.25) is 4.79 Å². The maximum absolute atomic E-state index is 12.3. The molecule has 5 heteroatoms. The highest BCUT2D eigenvalue weighted by atomic mass is 35.5. The second-order valence-corrected chi connectivity index (χ2v) is 7.52. The van der Waals surface area contributed by atoms with E-state index in [0.29, 0.717) is 38.8 Å². The van der Waals surface area contributed by atoms with Gasteiger partial charge in [0, 0.05) is 39.4 Å². The highest BCUT2D eigenvalue weighted by Gasteiger charge is 2.29. The minimum atomic E-state index is -0.465. The molecule has 1 aliphatic rings. The van der Waals surface area contributed by atoms with Crippen molar-refractivity contribution < 1.29 is 19.1 Å². The first-order valence-electron chi connectivity index (χ1n) is 9.14. The normalized spacial score (nSPS) is 15.9. The van der Waals surface area contributed by atoms with Crippen molar-refractivity contribution >= 4 is 34.3 Å². The van der Waals surface area contributed by atoms with Gasteiger partial charge in [0.1, 0.15) is 11.5 Å². The van der Waals surface area contributed by atoms with Crippen molar-refractivity contribution in [2.75, 3.05) is 0 Å². The summed E-state index contributed by atoms with van der Waals surface area (Å²) in [5.41, 5.74) is 2.20. The first-order valence-corrected chi connectivity index (χ1v) is 9.52. The molecule has 1 aliphatic carbocycles. The lowest BCUT2D eigenvalue weighted by Crippen LogP contribution is -2.19. The Kier molecular flexibility index (Phi) is 5.56. The third-order valence-electron chi connectivity index (χ3n) is 5.05. The number of hydrogen-bond donors (Lipinski definition) is 0. The molecule has 0 saturated carbocycles. The fraction of sp³-hybridized carbons (Fsp3) is 0.364. The Morgan fingerprint density at radius 3 is 2.48 bits per heavy atom. The molecule has 0 heterocycles. The van der Waals surface area contributed by atoms with Crippen LogP contribution in [0.25, 0.3) is 10.8 Å². The SMILES string of the molecule is C=C(C)C(=O)Oc1c2c(c(OC(C)=O)c3cc(Cl)ccc13)CCC(CC)C2. The van der Waals surface area contributed by atoms with Gasteiger partial charge in [-0.15, -0.1) is 0 Å². The van der Waals surface area contributed by atoms with E-state index in [4.69, 9.17) is 21.1 Å². The van der Waals surface area contributed by atoms with E-state index in [1.54, 1.807) is 19.1 Å². The third kappa shape index (κ3) is 3.86. The lowest BCUT2D eigenvalue weighted by Gasteiger charge is -2.28. The number of carbonyl (C=O) groups excluding carboxylic acids is 2. The van der Waals surface area contributed by atoms with Crippen LogP contribution in [-0.2, 0) is 22.4 Å². The van der Waals surface area contributed by atoms with Crippen LogP contribution in [-0.4, -0.2) is 11.9 Å². The highest BCUT2D eigenvalue weighted by molar-refractivity contribution is 6.31. The number of esters is 2. The third-order valence-corrected chi connectivity index (χ3v) is 5.28. The lowest BCUT2D eigenvalue weighted by atomic mass is 9.80. The molecule has 142 valence electrons. The number of hydrogen-bond acceptors (Lipinski definition) is 4. The van der Waals surface area contributed by atoms with Gasteiger partial charge in [-0.05, 0) is 50.3 Å². The van der Waals surface area contributed by atoms with Crippen LogP contribution in [0.4, 0.5) is 0 Å². The second-order valence-electron chi connectivity index (χ2n) is 7.09. The van der Waals surface area contributed by atoms with Crippen molar-refractivity contribution in [1.82, 2.24) is 0 Å². The Hall–Kier alpha value is -2.33. The van der Waals surface area contributed by atoms with Crippen LogP contribution < -0.4 is 9.47 Å². The largest absolute Gasteiger partial charge is 0.426 e. The number of fused-ring (bicyclic) bond motifs is 2. The number of ether oxygens (including phenoxy) is 2. The van der Waals surface area contributed by atoms with Crippen LogP contribution in [0, 0.1) is 5.92 Å². The zero-order valence-corrected chi connectivity index (χ0v) is 16.6. The van der Waals surface area contributed by atoms with E-state index >= 15 is 0 Å². The number of carbonyl (C=O) groups is 2. The molecule has 4 nitrogen and oxygen atoms in total. The molecule has 0 radical (unpaired) electrons. The van der Waals surface area contributed by atoms with Crippen molar-refractivity contribution in [3.05, 3.63) is 46.5 Å². The Bertz CT molecular complexity index is 945. The fourth-order valence-electron chi connectivity index (χ4n) is 3.63. The lowest BCUT2D eigenvalue weighted by molar-refractivity contribution is -0.132. The molecule has 0 N–H and O–H groups in total. The van der Waals surface area contributed by atoms with Crippen molar-refractivity contribution in [2.24, 2.45) is 5.92 Å². The molecular formula is C22H23ClO4. The van der Waals surface area contributed by atoms with E-state index in [0.717, 1.165) is 36.8 Å².